The second-order valence-corrected chi connectivity index (χ2v) is 14.1. The molecule has 178 valence electrons. The average molecular weight is 540 g/mol. The van der Waals surface area contributed by atoms with E-state index in [0.29, 0.717) is 8.50 Å². The fourth-order valence-corrected chi connectivity index (χ4v) is 5.19. The summed E-state index contributed by atoms with van der Waals surface area (Å²) in [5.74, 6) is 0. The van der Waals surface area contributed by atoms with E-state index < -0.39 is 7.53 Å². The zero-order chi connectivity index (χ0) is 23.2. The molecule has 0 aliphatic rings. The fraction of sp³-hybridized carbons (Fsp3) is 0.545. The Kier molecular flexibility index (Phi) is 25.2. The van der Waals surface area contributed by atoms with E-state index in [0.717, 1.165) is 19.3 Å². The lowest BCUT2D eigenvalue weighted by atomic mass is 10.1. The van der Waals surface area contributed by atoms with Gasteiger partial charge in [-0.25, -0.2) is 0 Å². The summed E-state index contributed by atoms with van der Waals surface area (Å²) in [5.41, 5.74) is 0. The van der Waals surface area contributed by atoms with Crippen LogP contribution >= 0.6 is 52.3 Å². The summed E-state index contributed by atoms with van der Waals surface area (Å²) in [6, 6.07) is 0. The van der Waals surface area contributed by atoms with E-state index in [1.807, 2.05) is 24.3 Å². The Hall–Kier alpha value is 1.16. The maximum atomic E-state index is 5.80. The monoisotopic (exact) mass is 540 g/mol. The minimum atomic E-state index is -0.498. The minimum Gasteiger partial charge on any atom is -0.358 e. The van der Waals surface area contributed by atoms with Gasteiger partial charge in [0, 0.05) is 18.0 Å². The minimum absolute atomic E-state index is 0.0708. The molecule has 0 radical (unpaired) electrons. The first kappa shape index (κ1) is 32.2. The molecule has 3 nitrogen and oxygen atoms in total. The summed E-state index contributed by atoms with van der Waals surface area (Å²) in [7, 11) is 10.3. The zero-order valence-corrected chi connectivity index (χ0v) is 25.4. The molecule has 0 aromatic heterocycles. The van der Waals surface area contributed by atoms with Crippen molar-refractivity contribution in [3.63, 3.8) is 0 Å². The van der Waals surface area contributed by atoms with Crippen molar-refractivity contribution in [1.82, 2.24) is 0 Å². The van der Waals surface area contributed by atoms with Crippen molar-refractivity contribution in [2.24, 2.45) is 0 Å². The van der Waals surface area contributed by atoms with E-state index in [1.165, 1.54) is 25.7 Å². The largest absolute Gasteiger partial charge is 0.358 e. The van der Waals surface area contributed by atoms with Crippen molar-refractivity contribution in [3.05, 3.63) is 60.8 Å². The van der Waals surface area contributed by atoms with Crippen molar-refractivity contribution in [2.45, 2.75) is 77.1 Å². The predicted molar refractivity (Wildman–Crippen MR) is 158 cm³/mol. The first-order valence-electron chi connectivity index (χ1n) is 10.8. The molecule has 8 atom stereocenters. The molecule has 0 spiro atoms. The van der Waals surface area contributed by atoms with Crippen LogP contribution in [0.15, 0.2) is 60.8 Å². The van der Waals surface area contributed by atoms with E-state index in [1.54, 1.807) is 0 Å². The SMILES string of the molecule is CCCCCCC(C=CC=CCC(C=CC=CC=CC(CC)OP(P)P)OPP)OP. The van der Waals surface area contributed by atoms with Gasteiger partial charge >= 0.3 is 0 Å². The molecule has 9 heteroatoms. The molecule has 0 aliphatic heterocycles. The normalized spacial score (nSPS) is 16.5. The Balaban J connectivity index is 4.42. The van der Waals surface area contributed by atoms with Crippen LogP contribution in [0.2, 0.25) is 0 Å². The summed E-state index contributed by atoms with van der Waals surface area (Å²) in [6.07, 6.45) is 29.1. The van der Waals surface area contributed by atoms with Crippen molar-refractivity contribution < 1.29 is 13.6 Å². The lowest BCUT2D eigenvalue weighted by Gasteiger charge is -2.13. The number of hydrogen-bond donors (Lipinski definition) is 0. The maximum Gasteiger partial charge on any atom is 0.0836 e. The van der Waals surface area contributed by atoms with Crippen molar-refractivity contribution >= 4 is 52.3 Å². The Morgan fingerprint density at radius 3 is 2.06 bits per heavy atom. The zero-order valence-electron chi connectivity index (χ0n) is 18.9. The Morgan fingerprint density at radius 1 is 0.839 bits per heavy atom. The van der Waals surface area contributed by atoms with Gasteiger partial charge in [0.2, 0.25) is 0 Å². The third-order valence-corrected chi connectivity index (χ3v) is 6.76. The number of hydrogen-bond acceptors (Lipinski definition) is 3. The van der Waals surface area contributed by atoms with Gasteiger partial charge in [-0.2, -0.15) is 0 Å². The predicted octanol–water partition coefficient (Wildman–Crippen LogP) is 8.84. The number of allylic oxidation sites excluding steroid dienone is 6. The van der Waals surface area contributed by atoms with Crippen LogP contribution in [0.3, 0.4) is 0 Å². The van der Waals surface area contributed by atoms with E-state index >= 15 is 0 Å². The molecule has 0 aromatic carbocycles. The summed E-state index contributed by atoms with van der Waals surface area (Å²) < 4.78 is 17.1. The van der Waals surface area contributed by atoms with Crippen LogP contribution in [0.5, 0.6) is 0 Å². The third-order valence-electron chi connectivity index (χ3n) is 4.32. The van der Waals surface area contributed by atoms with Gasteiger partial charge in [0.05, 0.1) is 25.8 Å². The van der Waals surface area contributed by atoms with Gasteiger partial charge in [-0.3, -0.25) is 0 Å². The molecule has 0 aromatic rings. The van der Waals surface area contributed by atoms with Crippen LogP contribution in [-0.4, -0.2) is 18.3 Å². The van der Waals surface area contributed by atoms with Crippen molar-refractivity contribution in [1.29, 1.82) is 0 Å². The highest BCUT2D eigenvalue weighted by Gasteiger charge is 2.04. The van der Waals surface area contributed by atoms with Crippen molar-refractivity contribution in [2.75, 3.05) is 0 Å². The standard InChI is InChI=1S/C22H42O3P6/c1-3-5-6-10-16-21(23-26)17-13-9-14-19-22(24-30-27)18-12-8-7-11-15-20(4-2)25-31(28)29/h7-9,11-15,17-18,20-22,30H,3-6,10,16,19,26-29H2,1-2H3. The summed E-state index contributed by atoms with van der Waals surface area (Å²) in [6.45, 7) is 4.36. The van der Waals surface area contributed by atoms with Gasteiger partial charge < -0.3 is 13.6 Å². The third kappa shape index (κ3) is 21.4. The number of rotatable bonds is 19. The highest BCUT2D eigenvalue weighted by molar-refractivity contribution is 8.41. The molecule has 0 amide bonds. The maximum absolute atomic E-state index is 5.80. The lowest BCUT2D eigenvalue weighted by molar-refractivity contribution is 0.274. The molecular weight excluding hydrogens is 498 g/mol. The van der Waals surface area contributed by atoms with E-state index in [-0.39, 0.29) is 18.3 Å². The van der Waals surface area contributed by atoms with Gasteiger partial charge in [-0.05, 0) is 19.3 Å². The van der Waals surface area contributed by atoms with E-state index in [4.69, 9.17) is 13.6 Å². The number of unbranched alkanes of at least 4 members (excludes halogenated alkanes) is 3. The summed E-state index contributed by atoms with van der Waals surface area (Å²) >= 11 is 0. The summed E-state index contributed by atoms with van der Waals surface area (Å²) in [4.78, 5) is 0. The molecule has 8 unspecified atom stereocenters. The summed E-state index contributed by atoms with van der Waals surface area (Å²) in [5, 5.41) is 0. The molecule has 31 heavy (non-hydrogen) atoms. The van der Waals surface area contributed by atoms with Gasteiger partial charge in [-0.1, -0.05) is 127 Å². The Bertz CT molecular complexity index is 549. The van der Waals surface area contributed by atoms with Crippen molar-refractivity contribution in [3.8, 4) is 0 Å². The molecule has 0 bridgehead atoms. The quantitative estimate of drug-likeness (QED) is 0.0931. The van der Waals surface area contributed by atoms with Crippen LogP contribution in [0.25, 0.3) is 0 Å². The Labute approximate surface area is 203 Å². The van der Waals surface area contributed by atoms with Crippen LogP contribution in [0.4, 0.5) is 0 Å². The second-order valence-electron chi connectivity index (χ2n) is 6.91. The first-order valence-corrected chi connectivity index (χ1v) is 18.5. The lowest BCUT2D eigenvalue weighted by Crippen LogP contribution is -2.03. The first-order chi connectivity index (χ1) is 15.1. The molecule has 0 N–H and O–H groups in total. The molecular formula is C22H42O3P6. The Morgan fingerprint density at radius 2 is 1.48 bits per heavy atom. The molecule has 0 aliphatic carbocycles. The molecule has 0 saturated heterocycles. The van der Waals surface area contributed by atoms with Crippen LogP contribution in [0, 0.1) is 0 Å². The van der Waals surface area contributed by atoms with Crippen LogP contribution in [-0.2, 0) is 13.6 Å². The molecule has 0 heterocycles. The van der Waals surface area contributed by atoms with E-state index in [2.05, 4.69) is 86.6 Å². The molecule has 0 fully saturated rings. The highest BCUT2D eigenvalue weighted by atomic mass is 32.4. The van der Waals surface area contributed by atoms with Gasteiger partial charge in [-0.15, -0.1) is 0 Å². The smallest absolute Gasteiger partial charge is 0.0836 e. The van der Waals surface area contributed by atoms with Gasteiger partial charge in [0.25, 0.3) is 0 Å². The van der Waals surface area contributed by atoms with Gasteiger partial charge in [0.15, 0.2) is 0 Å². The molecule has 0 rings (SSSR count). The highest BCUT2D eigenvalue weighted by Crippen LogP contribution is 2.54. The molecule has 0 saturated carbocycles. The van der Waals surface area contributed by atoms with Gasteiger partial charge in [0.1, 0.15) is 0 Å². The fourth-order valence-electron chi connectivity index (χ4n) is 2.62. The van der Waals surface area contributed by atoms with Crippen LogP contribution < -0.4 is 0 Å². The van der Waals surface area contributed by atoms with Crippen LogP contribution in [0.1, 0.15) is 58.8 Å². The average Bonchev–Trinajstić information content (AvgIpc) is 2.75. The second kappa shape index (κ2) is 24.3. The topological polar surface area (TPSA) is 27.7 Å². The van der Waals surface area contributed by atoms with E-state index in [9.17, 15) is 0 Å².